The van der Waals surface area contributed by atoms with Crippen molar-refractivity contribution in [2.75, 3.05) is 6.61 Å². The number of aliphatic imine (C=N–C) groups is 1. The number of thioether (sulfide) groups is 1. The molecule has 4 aromatic carbocycles. The van der Waals surface area contributed by atoms with Gasteiger partial charge in [0.1, 0.15) is 11.7 Å². The molecule has 0 aromatic heterocycles. The van der Waals surface area contributed by atoms with Gasteiger partial charge in [-0.1, -0.05) is 72.3 Å². The highest BCUT2D eigenvalue weighted by Gasteiger charge is 2.36. The van der Waals surface area contributed by atoms with E-state index in [9.17, 15) is 4.79 Å². The highest BCUT2D eigenvalue weighted by molar-refractivity contribution is 14.1. The average molecular weight is 693 g/mol. The standard InChI is InChI=1S/C31H22ClIN4O3S/c1-2-39-26-16-18(15-25(33)27(26)40-17-20-10-7-9-19-8-3-4-11-21(19)20)14-23-28(34)37-31(35-29(23)38)41-30(36-37)22-12-5-6-13-24(22)32/h3-16,34H,2,17H2,1H3/b23-14-,34-28?. The first kappa shape index (κ1) is 27.5. The van der Waals surface area contributed by atoms with Gasteiger partial charge >= 0.3 is 0 Å². The summed E-state index contributed by atoms with van der Waals surface area (Å²) >= 11 is 9.76. The number of amidine groups is 2. The van der Waals surface area contributed by atoms with E-state index in [-0.39, 0.29) is 11.4 Å². The molecule has 1 amide bonds. The van der Waals surface area contributed by atoms with E-state index in [1.54, 1.807) is 12.1 Å². The van der Waals surface area contributed by atoms with Crippen LogP contribution in [0.5, 0.6) is 11.5 Å². The molecule has 1 N–H and O–H groups in total. The van der Waals surface area contributed by atoms with E-state index in [1.165, 1.54) is 16.8 Å². The van der Waals surface area contributed by atoms with Crippen LogP contribution in [0.1, 0.15) is 23.6 Å². The monoisotopic (exact) mass is 692 g/mol. The van der Waals surface area contributed by atoms with Gasteiger partial charge in [-0.15, -0.1) is 0 Å². The van der Waals surface area contributed by atoms with Crippen molar-refractivity contribution in [2.45, 2.75) is 13.5 Å². The van der Waals surface area contributed by atoms with Crippen LogP contribution in [-0.4, -0.2) is 33.6 Å². The van der Waals surface area contributed by atoms with Crippen LogP contribution < -0.4 is 9.47 Å². The number of benzene rings is 4. The molecule has 0 fully saturated rings. The zero-order valence-electron chi connectivity index (χ0n) is 21.7. The summed E-state index contributed by atoms with van der Waals surface area (Å²) < 4.78 is 13.1. The lowest BCUT2D eigenvalue weighted by Crippen LogP contribution is -2.35. The summed E-state index contributed by atoms with van der Waals surface area (Å²) in [6.07, 6.45) is 1.64. The molecule has 0 atom stereocenters. The largest absolute Gasteiger partial charge is 0.490 e. The van der Waals surface area contributed by atoms with Crippen LogP contribution in [0.4, 0.5) is 0 Å². The van der Waals surface area contributed by atoms with E-state index >= 15 is 0 Å². The number of hydrazone groups is 1. The fourth-order valence-electron chi connectivity index (χ4n) is 4.54. The molecule has 0 radical (unpaired) electrons. The van der Waals surface area contributed by atoms with Crippen molar-refractivity contribution in [3.8, 4) is 11.5 Å². The fourth-order valence-corrected chi connectivity index (χ4v) is 6.54. The van der Waals surface area contributed by atoms with Crippen molar-refractivity contribution >= 4 is 84.8 Å². The van der Waals surface area contributed by atoms with Crippen molar-refractivity contribution in [1.82, 2.24) is 5.01 Å². The highest BCUT2D eigenvalue weighted by atomic mass is 127. The van der Waals surface area contributed by atoms with Crippen LogP contribution in [-0.2, 0) is 11.4 Å². The molecule has 2 heterocycles. The highest BCUT2D eigenvalue weighted by Crippen LogP contribution is 2.37. The Morgan fingerprint density at radius 1 is 1.05 bits per heavy atom. The number of carbonyl (C=O) groups is 1. The van der Waals surface area contributed by atoms with E-state index in [0.717, 1.165) is 25.5 Å². The maximum Gasteiger partial charge on any atom is 0.283 e. The second-order valence-electron chi connectivity index (χ2n) is 9.09. The molecule has 0 aliphatic carbocycles. The quantitative estimate of drug-likeness (QED) is 0.158. The van der Waals surface area contributed by atoms with E-state index < -0.39 is 5.91 Å². The molecule has 0 unspecified atom stereocenters. The number of hydrogen-bond acceptors (Lipinski definition) is 6. The van der Waals surface area contributed by atoms with Crippen molar-refractivity contribution in [3.05, 3.63) is 110 Å². The molecule has 7 nitrogen and oxygen atoms in total. The zero-order chi connectivity index (χ0) is 28.5. The number of hydrogen-bond donors (Lipinski definition) is 1. The second-order valence-corrected chi connectivity index (χ2v) is 11.6. The Bertz CT molecular complexity index is 1820. The van der Waals surface area contributed by atoms with Gasteiger partial charge < -0.3 is 9.47 Å². The third-order valence-corrected chi connectivity index (χ3v) is 8.53. The van der Waals surface area contributed by atoms with Crippen LogP contribution in [0.25, 0.3) is 16.8 Å². The van der Waals surface area contributed by atoms with Gasteiger partial charge in [-0.25, -0.2) is 0 Å². The SMILES string of the molecule is CCOc1cc(/C=C2/C(=N)N3N=C(c4ccccc4Cl)SC3=NC2=O)cc(I)c1OCc1cccc2ccccc12. The van der Waals surface area contributed by atoms with Crippen LogP contribution in [0.2, 0.25) is 5.02 Å². The number of nitrogens with one attached hydrogen (secondary N) is 1. The minimum absolute atomic E-state index is 0.0567. The molecule has 0 spiro atoms. The van der Waals surface area contributed by atoms with Crippen molar-refractivity contribution in [1.29, 1.82) is 5.41 Å². The van der Waals surface area contributed by atoms with Gasteiger partial charge in [0.15, 0.2) is 17.3 Å². The van der Waals surface area contributed by atoms with E-state index in [2.05, 4.69) is 57.0 Å². The molecule has 0 bridgehead atoms. The minimum atomic E-state index is -0.506. The lowest BCUT2D eigenvalue weighted by atomic mass is 10.1. The first-order valence-corrected chi connectivity index (χ1v) is 15.0. The summed E-state index contributed by atoms with van der Waals surface area (Å²) in [5, 5.41) is 18.4. The Hall–Kier alpha value is -3.67. The van der Waals surface area contributed by atoms with Gasteiger partial charge in [0, 0.05) is 5.56 Å². The number of nitrogens with zero attached hydrogens (tertiary/aromatic N) is 3. The molecule has 10 heteroatoms. The molecule has 41 heavy (non-hydrogen) atoms. The van der Waals surface area contributed by atoms with Gasteiger partial charge in [-0.05, 0) is 87.5 Å². The van der Waals surface area contributed by atoms with E-state index in [1.807, 2.05) is 55.5 Å². The van der Waals surface area contributed by atoms with Crippen LogP contribution in [0, 0.1) is 8.98 Å². The van der Waals surface area contributed by atoms with Crippen LogP contribution >= 0.6 is 46.0 Å². The summed E-state index contributed by atoms with van der Waals surface area (Å²) in [6, 6.07) is 25.4. The summed E-state index contributed by atoms with van der Waals surface area (Å²) in [6.45, 7) is 2.72. The van der Waals surface area contributed by atoms with Gasteiger partial charge in [-0.2, -0.15) is 15.1 Å². The fraction of sp³-hybridized carbons (Fsp3) is 0.0968. The summed E-state index contributed by atoms with van der Waals surface area (Å²) in [5.41, 5.74) is 2.60. The number of halogens is 2. The zero-order valence-corrected chi connectivity index (χ0v) is 25.5. The Morgan fingerprint density at radius 3 is 2.66 bits per heavy atom. The predicted molar refractivity (Wildman–Crippen MR) is 174 cm³/mol. The minimum Gasteiger partial charge on any atom is -0.490 e. The first-order chi connectivity index (χ1) is 19.9. The predicted octanol–water partition coefficient (Wildman–Crippen LogP) is 7.74. The summed E-state index contributed by atoms with van der Waals surface area (Å²) in [4.78, 5) is 17.2. The second kappa shape index (κ2) is 11.7. The smallest absolute Gasteiger partial charge is 0.283 e. The van der Waals surface area contributed by atoms with Gasteiger partial charge in [-0.3, -0.25) is 10.2 Å². The van der Waals surface area contributed by atoms with Crippen LogP contribution in [0.3, 0.4) is 0 Å². The Labute approximate surface area is 259 Å². The number of fused-ring (bicyclic) bond motifs is 2. The Morgan fingerprint density at radius 2 is 1.83 bits per heavy atom. The van der Waals surface area contributed by atoms with Gasteiger partial charge in [0.05, 0.1) is 20.8 Å². The maximum atomic E-state index is 13.0. The molecule has 2 aliphatic heterocycles. The van der Waals surface area contributed by atoms with Crippen LogP contribution in [0.15, 0.2) is 94.5 Å². The summed E-state index contributed by atoms with van der Waals surface area (Å²) in [5.74, 6) is 0.617. The van der Waals surface area contributed by atoms with Gasteiger partial charge in [0.25, 0.3) is 5.91 Å². The lowest BCUT2D eigenvalue weighted by molar-refractivity contribution is -0.114. The van der Waals surface area contributed by atoms with Crippen molar-refractivity contribution < 1.29 is 14.3 Å². The topological polar surface area (TPSA) is 87.3 Å². The Balaban J connectivity index is 1.29. The third-order valence-electron chi connectivity index (χ3n) is 6.45. The molecule has 4 aromatic rings. The Kier molecular flexibility index (Phi) is 7.83. The lowest BCUT2D eigenvalue weighted by Gasteiger charge is -2.20. The molecular weight excluding hydrogens is 671 g/mol. The number of amides is 1. The number of rotatable bonds is 7. The normalized spacial score (nSPS) is 15.7. The third kappa shape index (κ3) is 5.49. The number of ether oxygens (including phenoxy) is 2. The molecular formula is C31H22ClIN4O3S. The number of carbonyl (C=O) groups excluding carboxylic acids is 1. The average Bonchev–Trinajstić information content (AvgIpc) is 3.39. The molecule has 0 saturated carbocycles. The summed E-state index contributed by atoms with van der Waals surface area (Å²) in [7, 11) is 0. The molecule has 2 aliphatic rings. The van der Waals surface area contributed by atoms with E-state index in [4.69, 9.17) is 26.5 Å². The molecule has 204 valence electrons. The first-order valence-electron chi connectivity index (χ1n) is 12.7. The maximum absolute atomic E-state index is 13.0. The van der Waals surface area contributed by atoms with Gasteiger partial charge in [0.2, 0.25) is 5.17 Å². The van der Waals surface area contributed by atoms with Crippen molar-refractivity contribution in [2.24, 2.45) is 10.1 Å². The van der Waals surface area contributed by atoms with E-state index in [0.29, 0.717) is 45.5 Å². The van der Waals surface area contributed by atoms with Crippen molar-refractivity contribution in [3.63, 3.8) is 0 Å². The molecule has 0 saturated heterocycles. The molecule has 6 rings (SSSR count).